The molecular formula is C19H24N4O6. The Labute approximate surface area is 168 Å². The fourth-order valence-corrected chi connectivity index (χ4v) is 2.89. The summed E-state index contributed by atoms with van der Waals surface area (Å²) in [6.07, 6.45) is 1.50. The van der Waals surface area contributed by atoms with Crippen molar-refractivity contribution in [3.05, 3.63) is 40.1 Å². The van der Waals surface area contributed by atoms with Crippen LogP contribution in [-0.2, 0) is 0 Å². The molecule has 1 aromatic carbocycles. The first-order chi connectivity index (χ1) is 13.9. The minimum absolute atomic E-state index is 0.0310. The van der Waals surface area contributed by atoms with Gasteiger partial charge in [0.05, 0.1) is 38.1 Å². The smallest absolute Gasteiger partial charge is 0.327 e. The minimum atomic E-state index is -0.701. The number of benzene rings is 1. The van der Waals surface area contributed by atoms with E-state index in [0.29, 0.717) is 5.69 Å². The second-order valence-electron chi connectivity index (χ2n) is 5.83. The van der Waals surface area contributed by atoms with E-state index in [1.165, 1.54) is 33.6 Å². The van der Waals surface area contributed by atoms with Gasteiger partial charge in [-0.1, -0.05) is 0 Å². The number of pyridine rings is 1. The third kappa shape index (κ3) is 4.48. The molecule has 1 N–H and O–H groups in total. The molecule has 10 heteroatoms. The van der Waals surface area contributed by atoms with Gasteiger partial charge in [-0.3, -0.25) is 14.9 Å². The molecule has 1 amide bonds. The maximum absolute atomic E-state index is 12.8. The van der Waals surface area contributed by atoms with Crippen molar-refractivity contribution in [1.82, 2.24) is 4.98 Å². The Hall–Kier alpha value is -3.56. The summed E-state index contributed by atoms with van der Waals surface area (Å²) in [4.78, 5) is 30.1. The van der Waals surface area contributed by atoms with Crippen LogP contribution >= 0.6 is 0 Å². The van der Waals surface area contributed by atoms with Crippen LogP contribution in [-0.4, -0.2) is 50.2 Å². The number of amides is 1. The molecule has 29 heavy (non-hydrogen) atoms. The number of nitro benzene ring substituents is 1. The zero-order chi connectivity index (χ0) is 21.6. The molecule has 0 atom stereocenters. The molecule has 2 rings (SSSR count). The van der Waals surface area contributed by atoms with E-state index in [9.17, 15) is 14.9 Å². The van der Waals surface area contributed by atoms with Crippen molar-refractivity contribution >= 4 is 23.1 Å². The summed E-state index contributed by atoms with van der Waals surface area (Å²) in [5, 5.41) is 14.3. The zero-order valence-corrected chi connectivity index (χ0v) is 17.0. The normalized spacial score (nSPS) is 10.2. The molecule has 0 saturated carbocycles. The van der Waals surface area contributed by atoms with Gasteiger partial charge in [-0.2, -0.15) is 0 Å². The quantitative estimate of drug-likeness (QED) is 0.501. The number of nitro groups is 1. The number of hydrogen-bond donors (Lipinski definition) is 1. The van der Waals surface area contributed by atoms with E-state index in [4.69, 9.17) is 14.2 Å². The van der Waals surface area contributed by atoms with Gasteiger partial charge in [-0.25, -0.2) is 4.98 Å². The van der Waals surface area contributed by atoms with E-state index in [-0.39, 0.29) is 22.8 Å². The van der Waals surface area contributed by atoms with E-state index >= 15 is 0 Å². The Morgan fingerprint density at radius 2 is 1.79 bits per heavy atom. The van der Waals surface area contributed by atoms with Gasteiger partial charge in [0.1, 0.15) is 11.4 Å². The Balaban J connectivity index is 2.43. The van der Waals surface area contributed by atoms with Crippen LogP contribution in [0.25, 0.3) is 0 Å². The Bertz CT molecular complexity index is 881. The molecule has 156 valence electrons. The number of rotatable bonds is 9. The molecule has 1 aromatic heterocycles. The average molecular weight is 404 g/mol. The lowest BCUT2D eigenvalue weighted by Crippen LogP contribution is -2.23. The minimum Gasteiger partial charge on any atom is -0.493 e. The summed E-state index contributed by atoms with van der Waals surface area (Å²) in [5.74, 6) is 0.0377. The zero-order valence-electron chi connectivity index (χ0n) is 17.0. The fourth-order valence-electron chi connectivity index (χ4n) is 2.89. The van der Waals surface area contributed by atoms with Crippen LogP contribution in [0, 0.1) is 10.1 Å². The van der Waals surface area contributed by atoms with Crippen molar-refractivity contribution in [1.29, 1.82) is 0 Å². The number of aromatic nitrogens is 1. The number of anilines is 2. The average Bonchev–Trinajstić information content (AvgIpc) is 2.73. The maximum atomic E-state index is 12.8. The van der Waals surface area contributed by atoms with Crippen LogP contribution in [0.15, 0.2) is 24.4 Å². The van der Waals surface area contributed by atoms with Gasteiger partial charge in [0.2, 0.25) is 11.5 Å². The lowest BCUT2D eigenvalue weighted by Gasteiger charge is -2.19. The molecule has 0 spiro atoms. The van der Waals surface area contributed by atoms with Gasteiger partial charge in [0, 0.05) is 19.2 Å². The summed E-state index contributed by atoms with van der Waals surface area (Å²) in [6.45, 7) is 5.63. The van der Waals surface area contributed by atoms with E-state index in [0.717, 1.165) is 18.9 Å². The summed E-state index contributed by atoms with van der Waals surface area (Å²) in [6, 6.07) is 4.70. The molecule has 0 aliphatic carbocycles. The summed E-state index contributed by atoms with van der Waals surface area (Å²) in [7, 11) is 3.94. The standard InChI is InChI=1S/C19H24N4O6/c1-6-22(7-2)15-9-8-12(11-20-15)21-19(24)13-10-14(27-3)17(28-4)18(29-5)16(13)23(25)26/h8-11H,6-7H2,1-5H3,(H,21,24). The predicted molar refractivity (Wildman–Crippen MR) is 109 cm³/mol. The SMILES string of the molecule is CCN(CC)c1ccc(NC(=O)c2cc(OC)c(OC)c(OC)c2[N+](=O)[O-])cn1. The predicted octanol–water partition coefficient (Wildman–Crippen LogP) is 3.11. The molecule has 2 aromatic rings. The molecule has 0 bridgehead atoms. The topological polar surface area (TPSA) is 116 Å². The molecule has 0 aliphatic heterocycles. The molecular weight excluding hydrogens is 380 g/mol. The van der Waals surface area contributed by atoms with Gasteiger partial charge in [0.25, 0.3) is 5.91 Å². The van der Waals surface area contributed by atoms with E-state index in [1.54, 1.807) is 12.1 Å². The second-order valence-corrected chi connectivity index (χ2v) is 5.83. The number of methoxy groups -OCH3 is 3. The van der Waals surface area contributed by atoms with Gasteiger partial charge >= 0.3 is 5.69 Å². The number of carbonyl (C=O) groups excluding carboxylic acids is 1. The van der Waals surface area contributed by atoms with Gasteiger partial charge in [0.15, 0.2) is 5.75 Å². The van der Waals surface area contributed by atoms with Crippen LogP contribution < -0.4 is 24.4 Å². The molecule has 0 unspecified atom stereocenters. The van der Waals surface area contributed by atoms with Crippen LogP contribution in [0.1, 0.15) is 24.2 Å². The molecule has 0 aliphatic rings. The second kappa shape index (κ2) is 9.58. The number of carbonyl (C=O) groups is 1. The first-order valence-electron chi connectivity index (χ1n) is 8.91. The van der Waals surface area contributed by atoms with Crippen molar-refractivity contribution < 1.29 is 23.9 Å². The van der Waals surface area contributed by atoms with Crippen LogP contribution in [0.4, 0.5) is 17.2 Å². The highest BCUT2D eigenvalue weighted by atomic mass is 16.6. The summed E-state index contributed by atoms with van der Waals surface area (Å²) in [5.41, 5.74) is -0.346. The van der Waals surface area contributed by atoms with E-state index in [2.05, 4.69) is 15.2 Å². The first kappa shape index (κ1) is 21.7. The van der Waals surface area contributed by atoms with E-state index < -0.39 is 16.5 Å². The fraction of sp³-hybridized carbons (Fsp3) is 0.368. The first-order valence-corrected chi connectivity index (χ1v) is 8.91. The number of nitrogens with one attached hydrogen (secondary N) is 1. The lowest BCUT2D eigenvalue weighted by atomic mass is 10.1. The number of ether oxygens (including phenoxy) is 3. The molecule has 10 nitrogen and oxygen atoms in total. The van der Waals surface area contributed by atoms with Gasteiger partial charge in [-0.15, -0.1) is 0 Å². The van der Waals surface area contributed by atoms with Crippen LogP contribution in [0.3, 0.4) is 0 Å². The summed E-state index contributed by atoms with van der Waals surface area (Å²) >= 11 is 0. The number of nitrogens with zero attached hydrogens (tertiary/aromatic N) is 3. The van der Waals surface area contributed by atoms with Crippen molar-refractivity contribution in [2.75, 3.05) is 44.6 Å². The molecule has 0 fully saturated rings. The van der Waals surface area contributed by atoms with Crippen molar-refractivity contribution in [3.8, 4) is 17.2 Å². The number of hydrogen-bond acceptors (Lipinski definition) is 8. The lowest BCUT2D eigenvalue weighted by molar-refractivity contribution is -0.386. The Morgan fingerprint density at radius 1 is 1.14 bits per heavy atom. The van der Waals surface area contributed by atoms with E-state index in [1.807, 2.05) is 13.8 Å². The van der Waals surface area contributed by atoms with Crippen molar-refractivity contribution in [2.45, 2.75) is 13.8 Å². The Kier molecular flexibility index (Phi) is 7.18. The summed E-state index contributed by atoms with van der Waals surface area (Å²) < 4.78 is 15.5. The van der Waals surface area contributed by atoms with Gasteiger partial charge < -0.3 is 24.4 Å². The highest BCUT2D eigenvalue weighted by Crippen LogP contribution is 2.46. The van der Waals surface area contributed by atoms with Crippen LogP contribution in [0.5, 0.6) is 17.2 Å². The third-order valence-electron chi connectivity index (χ3n) is 4.32. The highest BCUT2D eigenvalue weighted by molar-refractivity contribution is 6.08. The van der Waals surface area contributed by atoms with Crippen molar-refractivity contribution in [3.63, 3.8) is 0 Å². The van der Waals surface area contributed by atoms with Gasteiger partial charge in [-0.05, 0) is 26.0 Å². The Morgan fingerprint density at radius 3 is 2.24 bits per heavy atom. The van der Waals surface area contributed by atoms with Crippen molar-refractivity contribution in [2.24, 2.45) is 0 Å². The molecule has 0 saturated heterocycles. The molecule has 1 heterocycles. The highest BCUT2D eigenvalue weighted by Gasteiger charge is 2.32. The maximum Gasteiger partial charge on any atom is 0.327 e. The largest absolute Gasteiger partial charge is 0.493 e. The van der Waals surface area contributed by atoms with Crippen LogP contribution in [0.2, 0.25) is 0 Å². The third-order valence-corrected chi connectivity index (χ3v) is 4.32. The monoisotopic (exact) mass is 404 g/mol. The molecule has 0 radical (unpaired) electrons.